The van der Waals surface area contributed by atoms with Gasteiger partial charge in [-0.2, -0.15) is 0 Å². The molecule has 0 atom stereocenters. The molecule has 2 radical (unpaired) electrons. The second-order valence-electron chi connectivity index (χ2n) is 8.73. The van der Waals surface area contributed by atoms with E-state index in [9.17, 15) is 19.2 Å². The molecular formula is C32H34N8O4S2Y2-2. The normalized spacial score (nSPS) is 8.88. The fourth-order valence-corrected chi connectivity index (χ4v) is 4.68. The zero-order chi connectivity index (χ0) is 34.5. The number of hydrogen-bond donors (Lipinski definition) is 4. The Morgan fingerprint density at radius 3 is 1.23 bits per heavy atom. The van der Waals surface area contributed by atoms with Gasteiger partial charge in [0.25, 0.3) is 22.5 Å². The molecule has 48 heavy (non-hydrogen) atoms. The standard InChI is InChI=1S/2C13H11N3OS.2C3H6NO.2Y/c2*1-9-11(14-2)12(17)16-13(15-9)18-8-10-6-4-3-5-7-10;2*1-3(5)4-2;;/h2*3-7H,8H2,1H3,(H,15,16,17);2*1H2,2H3,(H,4,5);;/q;;2*-1;;. The third kappa shape index (κ3) is 18.9. The first-order chi connectivity index (χ1) is 21.9. The third-order valence-electron chi connectivity index (χ3n) is 5.31. The molecule has 0 saturated carbocycles. The van der Waals surface area contributed by atoms with Gasteiger partial charge >= 0.3 is 0 Å². The van der Waals surface area contributed by atoms with Crippen LogP contribution in [-0.2, 0) is 86.5 Å². The summed E-state index contributed by atoms with van der Waals surface area (Å²) in [5.41, 5.74) is 2.68. The van der Waals surface area contributed by atoms with Gasteiger partial charge in [0.15, 0.2) is 10.3 Å². The van der Waals surface area contributed by atoms with Crippen molar-refractivity contribution < 1.29 is 75.0 Å². The van der Waals surface area contributed by atoms with Crippen molar-refractivity contribution in [1.82, 2.24) is 30.6 Å². The zero-order valence-electron chi connectivity index (χ0n) is 27.0. The van der Waals surface area contributed by atoms with Crippen molar-refractivity contribution >= 4 is 46.7 Å². The van der Waals surface area contributed by atoms with E-state index in [1.807, 2.05) is 60.7 Å². The van der Waals surface area contributed by atoms with E-state index in [2.05, 4.69) is 54.1 Å². The summed E-state index contributed by atoms with van der Waals surface area (Å²) in [5, 5.41) is 5.66. The molecule has 2 heterocycles. The molecule has 0 fully saturated rings. The summed E-state index contributed by atoms with van der Waals surface area (Å²) < 4.78 is 0. The average molecular weight is 837 g/mol. The number of carbonyl (C=O) groups is 2. The van der Waals surface area contributed by atoms with Crippen LogP contribution in [0.1, 0.15) is 22.5 Å². The Balaban J connectivity index is 0. The summed E-state index contributed by atoms with van der Waals surface area (Å²) in [5.74, 6) is 0.983. The molecule has 4 N–H and O–H groups in total. The number of aromatic nitrogens is 4. The van der Waals surface area contributed by atoms with E-state index in [-0.39, 0.29) is 99.7 Å². The number of carbonyl (C=O) groups excluding carboxylic acids is 2. The van der Waals surface area contributed by atoms with E-state index < -0.39 is 0 Å². The molecule has 16 heteroatoms. The Bertz CT molecular complexity index is 1640. The number of aromatic amines is 2. The molecule has 0 unspecified atom stereocenters. The van der Waals surface area contributed by atoms with Crippen LogP contribution in [0.15, 0.2) is 80.6 Å². The van der Waals surface area contributed by atoms with E-state index >= 15 is 0 Å². The molecule has 2 amide bonds. The van der Waals surface area contributed by atoms with Crippen LogP contribution in [0, 0.1) is 40.8 Å². The molecule has 0 bridgehead atoms. The predicted octanol–water partition coefficient (Wildman–Crippen LogP) is 4.97. The van der Waals surface area contributed by atoms with Crippen LogP contribution in [0.4, 0.5) is 11.4 Å². The van der Waals surface area contributed by atoms with Crippen molar-refractivity contribution in [3.63, 3.8) is 0 Å². The SMILES string of the molecule is [C-]#[N+]c1c(C)nc(SCc2ccccc2)[nH]c1=O.[C-]#[N+]c1c(C)nc(SCc2ccccc2)[nH]c1=O.[CH2-]C(=O)NC.[CH2-]C(=O)NC.[Y].[Y]. The minimum atomic E-state index is -0.368. The number of amides is 2. The van der Waals surface area contributed by atoms with E-state index in [1.165, 1.54) is 37.6 Å². The minimum Gasteiger partial charge on any atom is -0.384 e. The summed E-state index contributed by atoms with van der Waals surface area (Å²) >= 11 is 2.90. The van der Waals surface area contributed by atoms with Gasteiger partial charge in [0.05, 0.1) is 36.3 Å². The van der Waals surface area contributed by atoms with Gasteiger partial charge in [-0.3, -0.25) is 9.59 Å². The number of aryl methyl sites for hydroxylation is 2. The van der Waals surface area contributed by atoms with Crippen LogP contribution in [-0.4, -0.2) is 45.8 Å². The molecule has 246 valence electrons. The van der Waals surface area contributed by atoms with E-state index in [0.717, 1.165) is 22.6 Å². The molecule has 12 nitrogen and oxygen atoms in total. The molecule has 2 aromatic carbocycles. The fourth-order valence-electron chi connectivity index (χ4n) is 2.96. The minimum absolute atomic E-state index is 0. The van der Waals surface area contributed by atoms with E-state index in [4.69, 9.17) is 13.1 Å². The topological polar surface area (TPSA) is 158 Å². The quantitative estimate of drug-likeness (QED) is 0.121. The first-order valence-electron chi connectivity index (χ1n) is 13.3. The van der Waals surface area contributed by atoms with Crippen molar-refractivity contribution in [2.45, 2.75) is 35.7 Å². The largest absolute Gasteiger partial charge is 0.384 e. The molecular weight excluding hydrogens is 802 g/mol. The Labute approximate surface area is 339 Å². The maximum Gasteiger partial charge on any atom is 0.271 e. The number of H-pyrrole nitrogens is 2. The van der Waals surface area contributed by atoms with Gasteiger partial charge in [-0.15, -0.1) is 0 Å². The van der Waals surface area contributed by atoms with Crippen molar-refractivity contribution in [2.24, 2.45) is 0 Å². The van der Waals surface area contributed by atoms with Crippen molar-refractivity contribution in [3.8, 4) is 0 Å². The monoisotopic (exact) mass is 836 g/mol. The van der Waals surface area contributed by atoms with Crippen molar-refractivity contribution in [2.75, 3.05) is 14.1 Å². The van der Waals surface area contributed by atoms with Crippen LogP contribution in [0.25, 0.3) is 9.69 Å². The summed E-state index contributed by atoms with van der Waals surface area (Å²) in [6.07, 6.45) is 0. The summed E-state index contributed by atoms with van der Waals surface area (Å²) in [6.45, 7) is 23.1. The number of nitrogens with zero attached hydrogens (tertiary/aromatic N) is 4. The van der Waals surface area contributed by atoms with Crippen molar-refractivity contribution in [3.05, 3.63) is 141 Å². The molecule has 0 aliphatic carbocycles. The Kier molecular flexibility index (Phi) is 26.1. The molecule has 4 aromatic rings. The molecule has 0 aliphatic rings. The third-order valence-corrected chi connectivity index (χ3v) is 7.20. The van der Waals surface area contributed by atoms with Crippen LogP contribution >= 0.6 is 23.5 Å². The maximum atomic E-state index is 11.6. The Hall–Kier alpha value is -3.23. The predicted molar refractivity (Wildman–Crippen MR) is 183 cm³/mol. The Morgan fingerprint density at radius 2 is 1.00 bits per heavy atom. The first kappa shape index (κ1) is 46.9. The van der Waals surface area contributed by atoms with Gasteiger partial charge in [-0.05, 0) is 25.0 Å². The summed E-state index contributed by atoms with van der Waals surface area (Å²) in [6, 6.07) is 19.9. The van der Waals surface area contributed by atoms with Crippen LogP contribution in [0.2, 0.25) is 0 Å². The van der Waals surface area contributed by atoms with Gasteiger partial charge in [0.1, 0.15) is 0 Å². The second kappa shape index (κ2) is 26.7. The van der Waals surface area contributed by atoms with Gasteiger partial charge < -0.3 is 44.0 Å². The van der Waals surface area contributed by atoms with Crippen LogP contribution in [0.5, 0.6) is 0 Å². The summed E-state index contributed by atoms with van der Waals surface area (Å²) in [4.78, 5) is 62.3. The number of rotatable bonds is 6. The number of benzene rings is 2. The smallest absolute Gasteiger partial charge is 0.271 e. The van der Waals surface area contributed by atoms with E-state index in [1.54, 1.807) is 13.8 Å². The second-order valence-corrected chi connectivity index (χ2v) is 10.7. The van der Waals surface area contributed by atoms with Crippen LogP contribution < -0.4 is 21.8 Å². The number of nitrogens with one attached hydrogen (secondary N) is 4. The number of hydrogen-bond acceptors (Lipinski definition) is 8. The molecule has 0 saturated heterocycles. The van der Waals surface area contributed by atoms with Crippen molar-refractivity contribution in [1.29, 1.82) is 0 Å². The van der Waals surface area contributed by atoms with Gasteiger partial charge in [-0.1, -0.05) is 84.2 Å². The van der Waals surface area contributed by atoms with Gasteiger partial charge in [0.2, 0.25) is 0 Å². The number of thioether (sulfide) groups is 2. The van der Waals surface area contributed by atoms with Crippen LogP contribution in [0.3, 0.4) is 0 Å². The molecule has 2 aromatic heterocycles. The molecule has 0 spiro atoms. The molecule has 0 aliphatic heterocycles. The van der Waals surface area contributed by atoms with Gasteiger partial charge in [0, 0.05) is 91.0 Å². The van der Waals surface area contributed by atoms with E-state index in [0.29, 0.717) is 21.7 Å². The average Bonchev–Trinajstić information content (AvgIpc) is 3.04. The first-order valence-corrected chi connectivity index (χ1v) is 15.3. The summed E-state index contributed by atoms with van der Waals surface area (Å²) in [7, 11) is 3.07. The zero-order valence-corrected chi connectivity index (χ0v) is 34.3. The molecule has 4 rings (SSSR count). The Morgan fingerprint density at radius 1 is 0.708 bits per heavy atom. The fraction of sp³-hybridized carbons (Fsp3) is 0.188. The maximum absolute atomic E-state index is 11.6. The van der Waals surface area contributed by atoms with Gasteiger partial charge in [-0.25, -0.2) is 19.7 Å².